The Morgan fingerprint density at radius 2 is 1.31 bits per heavy atom. The first-order chi connectivity index (χ1) is 13.9. The summed E-state index contributed by atoms with van der Waals surface area (Å²) in [5, 5.41) is 5.55. The monoisotopic (exact) mass is 386 g/mol. The van der Waals surface area contributed by atoms with E-state index in [0.717, 1.165) is 5.56 Å². The average molecular weight is 386 g/mol. The van der Waals surface area contributed by atoms with E-state index in [1.54, 1.807) is 61.5 Å². The molecule has 3 aromatic carbocycles. The lowest BCUT2D eigenvalue weighted by Gasteiger charge is -2.14. The molecule has 146 valence electrons. The van der Waals surface area contributed by atoms with Crippen molar-refractivity contribution in [3.63, 3.8) is 0 Å². The molecule has 5 heteroatoms. The Morgan fingerprint density at radius 1 is 0.724 bits per heavy atom. The summed E-state index contributed by atoms with van der Waals surface area (Å²) in [7, 11) is 0. The van der Waals surface area contributed by atoms with E-state index >= 15 is 0 Å². The second-order valence-corrected chi connectivity index (χ2v) is 6.79. The molecule has 0 unspecified atom stereocenters. The maximum absolute atomic E-state index is 12.7. The van der Waals surface area contributed by atoms with Gasteiger partial charge in [-0.05, 0) is 42.8 Å². The van der Waals surface area contributed by atoms with Crippen molar-refractivity contribution in [1.29, 1.82) is 0 Å². The molecule has 0 saturated carbocycles. The predicted octanol–water partition coefficient (Wildman–Crippen LogP) is 4.62. The maximum atomic E-state index is 12.7. The molecule has 0 radical (unpaired) electrons. The first-order valence-corrected chi connectivity index (χ1v) is 9.32. The zero-order chi connectivity index (χ0) is 20.8. The van der Waals surface area contributed by atoms with Gasteiger partial charge in [0.1, 0.15) is 0 Å². The van der Waals surface area contributed by atoms with Gasteiger partial charge in [-0.25, -0.2) is 0 Å². The van der Waals surface area contributed by atoms with Crippen molar-refractivity contribution in [2.75, 3.05) is 10.6 Å². The number of ketones is 1. The molecular formula is C24H22N2O3. The molecule has 3 rings (SSSR count). The van der Waals surface area contributed by atoms with E-state index in [1.807, 2.05) is 24.3 Å². The molecule has 2 amide bonds. The largest absolute Gasteiger partial charge is 0.326 e. The van der Waals surface area contributed by atoms with Gasteiger partial charge in [-0.1, -0.05) is 48.5 Å². The van der Waals surface area contributed by atoms with Crippen LogP contribution >= 0.6 is 0 Å². The molecule has 1 atom stereocenters. The summed E-state index contributed by atoms with van der Waals surface area (Å²) in [6, 6.07) is 23.1. The highest BCUT2D eigenvalue weighted by Crippen LogP contribution is 2.21. The van der Waals surface area contributed by atoms with Gasteiger partial charge in [0.25, 0.3) is 0 Å². The molecule has 2 N–H and O–H groups in total. The van der Waals surface area contributed by atoms with Gasteiger partial charge in [0.2, 0.25) is 11.8 Å². The van der Waals surface area contributed by atoms with Crippen LogP contribution in [0.5, 0.6) is 0 Å². The van der Waals surface area contributed by atoms with Crippen LogP contribution in [0.4, 0.5) is 11.4 Å². The molecule has 0 spiro atoms. The van der Waals surface area contributed by atoms with E-state index in [2.05, 4.69) is 10.6 Å². The molecule has 0 heterocycles. The van der Waals surface area contributed by atoms with Gasteiger partial charge < -0.3 is 10.6 Å². The van der Waals surface area contributed by atoms with Crippen molar-refractivity contribution in [3.8, 4) is 0 Å². The highest BCUT2D eigenvalue weighted by molar-refractivity contribution is 6.09. The van der Waals surface area contributed by atoms with Crippen molar-refractivity contribution in [3.05, 3.63) is 95.6 Å². The van der Waals surface area contributed by atoms with Gasteiger partial charge in [0.15, 0.2) is 5.78 Å². The predicted molar refractivity (Wildman–Crippen MR) is 114 cm³/mol. The molecule has 0 fully saturated rings. The van der Waals surface area contributed by atoms with Gasteiger partial charge in [-0.15, -0.1) is 0 Å². The number of benzene rings is 3. The van der Waals surface area contributed by atoms with Crippen LogP contribution < -0.4 is 10.6 Å². The fourth-order valence-electron chi connectivity index (χ4n) is 2.95. The van der Waals surface area contributed by atoms with Crippen LogP contribution in [0, 0.1) is 0 Å². The number of amides is 2. The highest BCUT2D eigenvalue weighted by Gasteiger charge is 2.17. The summed E-state index contributed by atoms with van der Waals surface area (Å²) >= 11 is 0. The third kappa shape index (κ3) is 5.17. The Bertz CT molecular complexity index is 1030. The third-order valence-electron chi connectivity index (χ3n) is 4.55. The standard InChI is InChI=1S/C24H22N2O3/c1-16(24(29)26-22-13-11-21(12-14-22)25-17(2)27)19-9-6-10-20(15-19)23(28)18-7-4-3-5-8-18/h3-16H,1-2H3,(H,25,27)(H,26,29)/t16-/m0/s1. The second-order valence-electron chi connectivity index (χ2n) is 6.79. The quantitative estimate of drug-likeness (QED) is 0.607. The van der Waals surface area contributed by atoms with E-state index in [0.29, 0.717) is 22.5 Å². The summed E-state index contributed by atoms with van der Waals surface area (Å²) in [6.07, 6.45) is 0. The zero-order valence-electron chi connectivity index (χ0n) is 16.3. The van der Waals surface area contributed by atoms with Crippen LogP contribution in [0.1, 0.15) is 41.3 Å². The van der Waals surface area contributed by atoms with E-state index in [-0.39, 0.29) is 17.6 Å². The molecular weight excluding hydrogens is 364 g/mol. The van der Waals surface area contributed by atoms with Gasteiger partial charge in [-0.3, -0.25) is 14.4 Å². The molecule has 0 aliphatic heterocycles. The fourth-order valence-corrected chi connectivity index (χ4v) is 2.95. The second kappa shape index (κ2) is 8.97. The van der Waals surface area contributed by atoms with E-state index < -0.39 is 5.92 Å². The summed E-state index contributed by atoms with van der Waals surface area (Å²) in [6.45, 7) is 3.24. The van der Waals surface area contributed by atoms with Gasteiger partial charge >= 0.3 is 0 Å². The first-order valence-electron chi connectivity index (χ1n) is 9.32. The van der Waals surface area contributed by atoms with Crippen LogP contribution in [0.15, 0.2) is 78.9 Å². The van der Waals surface area contributed by atoms with Gasteiger partial charge in [0, 0.05) is 29.4 Å². The van der Waals surface area contributed by atoms with E-state index in [4.69, 9.17) is 0 Å². The summed E-state index contributed by atoms with van der Waals surface area (Å²) in [4.78, 5) is 36.4. The van der Waals surface area contributed by atoms with E-state index in [1.165, 1.54) is 6.92 Å². The number of rotatable bonds is 6. The summed E-state index contributed by atoms with van der Waals surface area (Å²) < 4.78 is 0. The van der Waals surface area contributed by atoms with Crippen molar-refractivity contribution < 1.29 is 14.4 Å². The molecule has 0 aliphatic carbocycles. The lowest BCUT2D eigenvalue weighted by atomic mass is 9.95. The average Bonchev–Trinajstić information content (AvgIpc) is 2.74. The molecule has 3 aromatic rings. The Morgan fingerprint density at radius 3 is 1.93 bits per heavy atom. The lowest BCUT2D eigenvalue weighted by Crippen LogP contribution is -2.19. The molecule has 0 aliphatic rings. The minimum atomic E-state index is -0.437. The van der Waals surface area contributed by atoms with Crippen LogP contribution in [0.25, 0.3) is 0 Å². The van der Waals surface area contributed by atoms with Crippen molar-refractivity contribution >= 4 is 29.0 Å². The molecule has 0 aromatic heterocycles. The zero-order valence-corrected chi connectivity index (χ0v) is 16.3. The van der Waals surface area contributed by atoms with Crippen LogP contribution in [0.2, 0.25) is 0 Å². The highest BCUT2D eigenvalue weighted by atomic mass is 16.2. The van der Waals surface area contributed by atoms with Crippen molar-refractivity contribution in [1.82, 2.24) is 0 Å². The topological polar surface area (TPSA) is 75.3 Å². The minimum absolute atomic E-state index is 0.0754. The molecule has 5 nitrogen and oxygen atoms in total. The SMILES string of the molecule is CC(=O)Nc1ccc(NC(=O)[C@@H](C)c2cccc(C(=O)c3ccccc3)c2)cc1. The first kappa shape index (κ1) is 20.0. The number of hydrogen-bond acceptors (Lipinski definition) is 3. The number of carbonyl (C=O) groups excluding carboxylic acids is 3. The summed E-state index contributed by atoms with van der Waals surface area (Å²) in [5.74, 6) is -0.843. The van der Waals surface area contributed by atoms with Crippen molar-refractivity contribution in [2.24, 2.45) is 0 Å². The Balaban J connectivity index is 1.71. The Labute approximate surface area is 169 Å². The molecule has 0 saturated heterocycles. The van der Waals surface area contributed by atoms with Gasteiger partial charge in [0.05, 0.1) is 5.92 Å². The number of hydrogen-bond donors (Lipinski definition) is 2. The molecule has 0 bridgehead atoms. The fraction of sp³-hybridized carbons (Fsp3) is 0.125. The lowest BCUT2D eigenvalue weighted by molar-refractivity contribution is -0.117. The Hall–Kier alpha value is -3.73. The number of carbonyl (C=O) groups is 3. The van der Waals surface area contributed by atoms with Gasteiger partial charge in [-0.2, -0.15) is 0 Å². The van der Waals surface area contributed by atoms with E-state index in [9.17, 15) is 14.4 Å². The molecule has 29 heavy (non-hydrogen) atoms. The third-order valence-corrected chi connectivity index (χ3v) is 4.55. The number of nitrogens with one attached hydrogen (secondary N) is 2. The van der Waals surface area contributed by atoms with Crippen molar-refractivity contribution in [2.45, 2.75) is 19.8 Å². The number of anilines is 2. The smallest absolute Gasteiger partial charge is 0.231 e. The Kier molecular flexibility index (Phi) is 6.19. The summed E-state index contributed by atoms with van der Waals surface area (Å²) in [5.41, 5.74) is 3.22. The van der Waals surface area contributed by atoms with Crippen LogP contribution in [-0.4, -0.2) is 17.6 Å². The minimum Gasteiger partial charge on any atom is -0.326 e. The maximum Gasteiger partial charge on any atom is 0.231 e. The normalized spacial score (nSPS) is 11.4. The van der Waals surface area contributed by atoms with Crippen LogP contribution in [-0.2, 0) is 9.59 Å². The van der Waals surface area contributed by atoms with Crippen LogP contribution in [0.3, 0.4) is 0 Å².